The van der Waals surface area contributed by atoms with Crippen molar-refractivity contribution in [1.29, 1.82) is 5.26 Å². The van der Waals surface area contributed by atoms with Gasteiger partial charge in [-0.25, -0.2) is 0 Å². The zero-order valence-corrected chi connectivity index (χ0v) is 16.4. The van der Waals surface area contributed by atoms with Crippen molar-refractivity contribution in [2.75, 3.05) is 5.32 Å². The third kappa shape index (κ3) is 3.18. The quantitative estimate of drug-likeness (QED) is 0.487. The minimum absolute atomic E-state index is 0.125. The first-order chi connectivity index (χ1) is 14.4. The number of nitrogens with two attached hydrogens (primary N) is 1. The van der Waals surface area contributed by atoms with E-state index in [4.69, 9.17) is 11.0 Å². The second kappa shape index (κ2) is 7.22. The Labute approximate surface area is 171 Å². The second-order valence-corrected chi connectivity index (χ2v) is 6.93. The van der Waals surface area contributed by atoms with Gasteiger partial charge in [-0.2, -0.15) is 10.4 Å². The van der Waals surface area contributed by atoms with Gasteiger partial charge in [0, 0.05) is 28.1 Å². The van der Waals surface area contributed by atoms with Crippen LogP contribution in [0.25, 0.3) is 16.6 Å². The van der Waals surface area contributed by atoms with Crippen LogP contribution in [0.1, 0.15) is 37.8 Å². The Balaban J connectivity index is 1.66. The van der Waals surface area contributed by atoms with Crippen LogP contribution in [0.2, 0.25) is 0 Å². The molecule has 0 bridgehead atoms. The number of nitrogens with one attached hydrogen (secondary N) is 2. The molecular formula is C22H18N6O2. The molecule has 0 radical (unpaired) electrons. The van der Waals surface area contributed by atoms with Crippen molar-refractivity contribution in [3.8, 4) is 11.8 Å². The van der Waals surface area contributed by atoms with Gasteiger partial charge in [-0.05, 0) is 62.4 Å². The monoisotopic (exact) mass is 398 g/mol. The maximum absolute atomic E-state index is 12.9. The summed E-state index contributed by atoms with van der Waals surface area (Å²) < 4.78 is 1.96. The van der Waals surface area contributed by atoms with Crippen molar-refractivity contribution in [3.05, 3.63) is 76.7 Å². The molecule has 4 N–H and O–H groups in total. The number of nitriles is 1. The van der Waals surface area contributed by atoms with Gasteiger partial charge >= 0.3 is 0 Å². The van der Waals surface area contributed by atoms with Crippen LogP contribution < -0.4 is 11.1 Å². The van der Waals surface area contributed by atoms with Crippen molar-refractivity contribution in [1.82, 2.24) is 14.8 Å². The van der Waals surface area contributed by atoms with Crippen LogP contribution in [0.3, 0.4) is 0 Å². The number of primary amides is 1. The average molecular weight is 398 g/mol. The van der Waals surface area contributed by atoms with E-state index in [0.717, 1.165) is 17.1 Å². The molecule has 0 fully saturated rings. The van der Waals surface area contributed by atoms with Gasteiger partial charge in [0.05, 0.1) is 22.7 Å². The van der Waals surface area contributed by atoms with E-state index in [1.165, 1.54) is 0 Å². The minimum Gasteiger partial charge on any atom is -0.364 e. The third-order valence-corrected chi connectivity index (χ3v) is 4.98. The summed E-state index contributed by atoms with van der Waals surface area (Å²) >= 11 is 0. The Morgan fingerprint density at radius 2 is 1.87 bits per heavy atom. The standard InChI is InChI=1S/C22H18N6O2/c1-12-9-17(13(2)28(12)16-6-3-14(11-23)4-7-16)22(30)25-15-5-8-19-18(10-15)20(21(24)29)27-26-19/h3-10H,1-2H3,(H2,24,29)(H,25,30)(H,26,27). The Morgan fingerprint density at radius 1 is 1.13 bits per heavy atom. The lowest BCUT2D eigenvalue weighted by Gasteiger charge is -2.10. The molecule has 4 rings (SSSR count). The first-order valence-electron chi connectivity index (χ1n) is 9.18. The predicted molar refractivity (Wildman–Crippen MR) is 113 cm³/mol. The fourth-order valence-corrected chi connectivity index (χ4v) is 3.55. The topological polar surface area (TPSA) is 130 Å². The number of aromatic amines is 1. The number of fused-ring (bicyclic) bond motifs is 1. The number of anilines is 1. The Hall–Kier alpha value is -4.38. The Morgan fingerprint density at radius 3 is 2.53 bits per heavy atom. The molecule has 30 heavy (non-hydrogen) atoms. The molecule has 0 unspecified atom stereocenters. The fourth-order valence-electron chi connectivity index (χ4n) is 3.55. The zero-order chi connectivity index (χ0) is 21.4. The highest BCUT2D eigenvalue weighted by atomic mass is 16.2. The van der Waals surface area contributed by atoms with E-state index in [1.807, 2.05) is 36.6 Å². The fraction of sp³-hybridized carbons (Fsp3) is 0.0909. The highest BCUT2D eigenvalue weighted by Crippen LogP contribution is 2.24. The van der Waals surface area contributed by atoms with Crippen molar-refractivity contribution < 1.29 is 9.59 Å². The third-order valence-electron chi connectivity index (χ3n) is 4.98. The van der Waals surface area contributed by atoms with Gasteiger partial charge in [0.2, 0.25) is 0 Å². The number of rotatable bonds is 4. The van der Waals surface area contributed by atoms with Gasteiger partial charge in [0.25, 0.3) is 11.8 Å². The molecule has 8 heteroatoms. The van der Waals surface area contributed by atoms with Crippen molar-refractivity contribution in [3.63, 3.8) is 0 Å². The maximum Gasteiger partial charge on any atom is 0.269 e. The van der Waals surface area contributed by atoms with Crippen molar-refractivity contribution in [2.45, 2.75) is 13.8 Å². The van der Waals surface area contributed by atoms with Crippen LogP contribution in [0, 0.1) is 25.2 Å². The van der Waals surface area contributed by atoms with E-state index in [9.17, 15) is 9.59 Å². The van der Waals surface area contributed by atoms with Crippen LogP contribution in [0.15, 0.2) is 48.5 Å². The molecule has 148 valence electrons. The van der Waals surface area contributed by atoms with Crippen LogP contribution >= 0.6 is 0 Å². The number of carbonyl (C=O) groups is 2. The number of carbonyl (C=O) groups excluding carboxylic acids is 2. The van der Waals surface area contributed by atoms with Gasteiger partial charge < -0.3 is 15.6 Å². The Bertz CT molecular complexity index is 1340. The zero-order valence-electron chi connectivity index (χ0n) is 16.4. The normalized spacial score (nSPS) is 10.7. The summed E-state index contributed by atoms with van der Waals surface area (Å²) in [6, 6.07) is 16.2. The number of benzene rings is 2. The molecule has 0 aliphatic heterocycles. The smallest absolute Gasteiger partial charge is 0.269 e. The molecule has 0 aliphatic rings. The van der Waals surface area contributed by atoms with Crippen LogP contribution in [-0.2, 0) is 0 Å². The number of aromatic nitrogens is 3. The lowest BCUT2D eigenvalue weighted by molar-refractivity contribution is 0.0995. The van der Waals surface area contributed by atoms with Crippen molar-refractivity contribution >= 4 is 28.4 Å². The van der Waals surface area contributed by atoms with Gasteiger partial charge in [0.1, 0.15) is 0 Å². The van der Waals surface area contributed by atoms with Gasteiger partial charge in [-0.1, -0.05) is 0 Å². The molecule has 0 spiro atoms. The number of hydrogen-bond acceptors (Lipinski definition) is 4. The molecule has 8 nitrogen and oxygen atoms in total. The molecule has 2 amide bonds. The number of hydrogen-bond donors (Lipinski definition) is 3. The Kier molecular flexibility index (Phi) is 4.56. The van der Waals surface area contributed by atoms with Crippen LogP contribution in [-0.4, -0.2) is 26.6 Å². The summed E-state index contributed by atoms with van der Waals surface area (Å²) in [5, 5.41) is 19.1. The lowest BCUT2D eigenvalue weighted by Crippen LogP contribution is -2.13. The SMILES string of the molecule is Cc1cc(C(=O)Nc2ccc3[nH]nc(C(N)=O)c3c2)c(C)n1-c1ccc(C#N)cc1. The number of H-pyrrole nitrogens is 1. The van der Waals surface area contributed by atoms with Crippen molar-refractivity contribution in [2.24, 2.45) is 5.73 Å². The molecule has 2 aromatic carbocycles. The second-order valence-electron chi connectivity index (χ2n) is 6.93. The van der Waals surface area contributed by atoms with E-state index < -0.39 is 5.91 Å². The summed E-state index contributed by atoms with van der Waals surface area (Å²) in [7, 11) is 0. The van der Waals surface area contributed by atoms with Gasteiger partial charge in [-0.15, -0.1) is 0 Å². The van der Waals surface area contributed by atoms with Gasteiger partial charge in [-0.3, -0.25) is 14.7 Å². The highest BCUT2D eigenvalue weighted by Gasteiger charge is 2.18. The molecule has 0 saturated heterocycles. The van der Waals surface area contributed by atoms with E-state index in [-0.39, 0.29) is 11.6 Å². The summed E-state index contributed by atoms with van der Waals surface area (Å²) in [4.78, 5) is 24.5. The largest absolute Gasteiger partial charge is 0.364 e. The van der Waals surface area contributed by atoms with E-state index in [0.29, 0.717) is 27.7 Å². The maximum atomic E-state index is 12.9. The lowest BCUT2D eigenvalue weighted by atomic mass is 10.1. The van der Waals surface area contributed by atoms with Crippen LogP contribution in [0.4, 0.5) is 5.69 Å². The first-order valence-corrected chi connectivity index (χ1v) is 9.18. The molecule has 0 aliphatic carbocycles. The summed E-state index contributed by atoms with van der Waals surface area (Å²) in [5.41, 5.74) is 10.3. The minimum atomic E-state index is -0.643. The molecule has 2 heterocycles. The van der Waals surface area contributed by atoms with E-state index >= 15 is 0 Å². The molecule has 0 saturated carbocycles. The molecular weight excluding hydrogens is 380 g/mol. The number of amides is 2. The summed E-state index contributed by atoms with van der Waals surface area (Å²) in [5.74, 6) is -0.915. The predicted octanol–water partition coefficient (Wildman–Crippen LogP) is 3.19. The number of nitrogens with zero attached hydrogens (tertiary/aromatic N) is 3. The molecule has 2 aromatic heterocycles. The molecule has 0 atom stereocenters. The van der Waals surface area contributed by atoms with E-state index in [1.54, 1.807) is 30.3 Å². The first kappa shape index (κ1) is 19.0. The van der Waals surface area contributed by atoms with E-state index in [2.05, 4.69) is 21.6 Å². The highest BCUT2D eigenvalue weighted by molar-refractivity contribution is 6.08. The number of aryl methyl sites for hydroxylation is 1. The summed E-state index contributed by atoms with van der Waals surface area (Å²) in [6.45, 7) is 3.78. The average Bonchev–Trinajstić information content (AvgIpc) is 3.28. The van der Waals surface area contributed by atoms with Gasteiger partial charge in [0.15, 0.2) is 5.69 Å². The van der Waals surface area contributed by atoms with Crippen LogP contribution in [0.5, 0.6) is 0 Å². The summed E-state index contributed by atoms with van der Waals surface area (Å²) in [6.07, 6.45) is 0. The molecule has 4 aromatic rings.